The Labute approximate surface area is 112 Å². The lowest BCUT2D eigenvalue weighted by molar-refractivity contribution is -0.0841. The molecule has 19 heavy (non-hydrogen) atoms. The molecule has 6 nitrogen and oxygen atoms in total. The van der Waals surface area contributed by atoms with E-state index in [1.165, 1.54) is 0 Å². The maximum atomic E-state index is 5.81. The Morgan fingerprint density at radius 2 is 2.16 bits per heavy atom. The highest BCUT2D eigenvalue weighted by Crippen LogP contribution is 2.32. The summed E-state index contributed by atoms with van der Waals surface area (Å²) in [4.78, 5) is 4.42. The number of nitrogens with one attached hydrogen (secondary N) is 1. The average Bonchev–Trinajstić information content (AvgIpc) is 2.84. The SMILES string of the molecule is CC1(OCc2nc(C3(C)CCCCO3)no2)CNC1. The van der Waals surface area contributed by atoms with Crippen LogP contribution in [0.25, 0.3) is 0 Å². The Morgan fingerprint density at radius 3 is 2.79 bits per heavy atom. The number of aromatic nitrogens is 2. The molecule has 0 bridgehead atoms. The van der Waals surface area contributed by atoms with Crippen molar-refractivity contribution in [3.63, 3.8) is 0 Å². The van der Waals surface area contributed by atoms with Gasteiger partial charge in [0.15, 0.2) is 0 Å². The van der Waals surface area contributed by atoms with Crippen LogP contribution in [0.4, 0.5) is 0 Å². The van der Waals surface area contributed by atoms with Crippen molar-refractivity contribution in [2.45, 2.75) is 50.9 Å². The van der Waals surface area contributed by atoms with Crippen molar-refractivity contribution in [3.8, 4) is 0 Å². The summed E-state index contributed by atoms with van der Waals surface area (Å²) in [6.45, 7) is 6.97. The fourth-order valence-corrected chi connectivity index (χ4v) is 2.45. The molecule has 2 fully saturated rings. The molecule has 106 valence electrons. The normalized spacial score (nSPS) is 30.0. The van der Waals surface area contributed by atoms with Gasteiger partial charge >= 0.3 is 0 Å². The third-order valence-corrected chi connectivity index (χ3v) is 3.95. The van der Waals surface area contributed by atoms with Crippen molar-refractivity contribution in [3.05, 3.63) is 11.7 Å². The van der Waals surface area contributed by atoms with Gasteiger partial charge in [0.1, 0.15) is 12.2 Å². The minimum atomic E-state index is -0.401. The van der Waals surface area contributed by atoms with Gasteiger partial charge < -0.3 is 19.3 Å². The summed E-state index contributed by atoms with van der Waals surface area (Å²) in [5.74, 6) is 1.17. The molecule has 1 unspecified atom stereocenters. The lowest BCUT2D eigenvalue weighted by Crippen LogP contribution is -2.58. The Kier molecular flexibility index (Phi) is 3.32. The van der Waals surface area contributed by atoms with Gasteiger partial charge in [0.2, 0.25) is 5.82 Å². The number of ether oxygens (including phenoxy) is 2. The molecule has 1 atom stereocenters. The predicted octanol–water partition coefficient (Wildman–Crippen LogP) is 1.36. The first-order valence-electron chi connectivity index (χ1n) is 6.91. The third kappa shape index (κ3) is 2.66. The molecule has 0 spiro atoms. The highest BCUT2D eigenvalue weighted by atomic mass is 16.5. The van der Waals surface area contributed by atoms with E-state index in [1.54, 1.807) is 0 Å². The van der Waals surface area contributed by atoms with Crippen molar-refractivity contribution in [2.24, 2.45) is 0 Å². The number of nitrogens with zero attached hydrogens (tertiary/aromatic N) is 2. The van der Waals surface area contributed by atoms with Gasteiger partial charge in [0.05, 0.1) is 5.60 Å². The van der Waals surface area contributed by atoms with Gasteiger partial charge in [-0.05, 0) is 33.1 Å². The molecule has 2 saturated heterocycles. The smallest absolute Gasteiger partial charge is 0.252 e. The van der Waals surface area contributed by atoms with Crippen molar-refractivity contribution in [1.29, 1.82) is 0 Å². The van der Waals surface area contributed by atoms with Gasteiger partial charge in [-0.2, -0.15) is 4.98 Å². The number of hydrogen-bond donors (Lipinski definition) is 1. The highest BCUT2D eigenvalue weighted by molar-refractivity contribution is 5.00. The zero-order chi connectivity index (χ0) is 13.3. The molecule has 2 aliphatic rings. The van der Waals surface area contributed by atoms with E-state index >= 15 is 0 Å². The van der Waals surface area contributed by atoms with Gasteiger partial charge in [0.25, 0.3) is 5.89 Å². The molecule has 0 saturated carbocycles. The summed E-state index contributed by atoms with van der Waals surface area (Å²) >= 11 is 0. The van der Waals surface area contributed by atoms with E-state index in [4.69, 9.17) is 14.0 Å². The lowest BCUT2D eigenvalue weighted by atomic mass is 9.95. The molecule has 1 aromatic heterocycles. The van der Waals surface area contributed by atoms with Gasteiger partial charge in [-0.15, -0.1) is 0 Å². The molecule has 0 radical (unpaired) electrons. The first-order valence-corrected chi connectivity index (χ1v) is 6.91. The summed E-state index contributed by atoms with van der Waals surface area (Å²) in [6, 6.07) is 0. The van der Waals surface area contributed by atoms with Crippen molar-refractivity contribution in [1.82, 2.24) is 15.5 Å². The fraction of sp³-hybridized carbons (Fsp3) is 0.846. The summed E-state index contributed by atoms with van der Waals surface area (Å²) in [5.41, 5.74) is -0.498. The monoisotopic (exact) mass is 267 g/mol. The van der Waals surface area contributed by atoms with Crippen LogP contribution in [0.5, 0.6) is 0 Å². The molecular weight excluding hydrogens is 246 g/mol. The molecule has 3 rings (SSSR count). The second-order valence-electron chi connectivity index (χ2n) is 5.89. The molecule has 1 aromatic rings. The fourth-order valence-electron chi connectivity index (χ4n) is 2.45. The van der Waals surface area contributed by atoms with Crippen LogP contribution in [0, 0.1) is 0 Å². The van der Waals surface area contributed by atoms with Crippen LogP contribution in [0.2, 0.25) is 0 Å². The minimum absolute atomic E-state index is 0.0973. The van der Waals surface area contributed by atoms with Crippen molar-refractivity contribution in [2.75, 3.05) is 19.7 Å². The largest absolute Gasteiger partial charge is 0.367 e. The van der Waals surface area contributed by atoms with Crippen LogP contribution in [0.3, 0.4) is 0 Å². The van der Waals surface area contributed by atoms with E-state index in [1.807, 2.05) is 6.92 Å². The molecule has 0 aromatic carbocycles. The summed E-state index contributed by atoms with van der Waals surface area (Å²) < 4.78 is 16.9. The molecule has 0 aliphatic carbocycles. The van der Waals surface area contributed by atoms with E-state index in [0.29, 0.717) is 18.3 Å². The first-order chi connectivity index (χ1) is 9.10. The van der Waals surface area contributed by atoms with E-state index < -0.39 is 5.60 Å². The number of rotatable bonds is 4. The minimum Gasteiger partial charge on any atom is -0.367 e. The Hall–Kier alpha value is -0.980. The average molecular weight is 267 g/mol. The summed E-state index contributed by atoms with van der Waals surface area (Å²) in [7, 11) is 0. The van der Waals surface area contributed by atoms with Crippen LogP contribution < -0.4 is 5.32 Å². The third-order valence-electron chi connectivity index (χ3n) is 3.95. The Balaban J connectivity index is 1.62. The molecule has 2 aliphatic heterocycles. The van der Waals surface area contributed by atoms with Crippen molar-refractivity contribution >= 4 is 0 Å². The molecular formula is C13H21N3O3. The Bertz CT molecular complexity index is 436. The maximum absolute atomic E-state index is 5.81. The first kappa shape index (κ1) is 13.0. The van der Waals surface area contributed by atoms with E-state index in [0.717, 1.165) is 39.0 Å². The van der Waals surface area contributed by atoms with E-state index in [-0.39, 0.29) is 5.60 Å². The van der Waals surface area contributed by atoms with Crippen LogP contribution >= 0.6 is 0 Å². The second-order valence-corrected chi connectivity index (χ2v) is 5.89. The summed E-state index contributed by atoms with van der Waals surface area (Å²) in [6.07, 6.45) is 3.18. The van der Waals surface area contributed by atoms with E-state index in [9.17, 15) is 0 Å². The van der Waals surface area contributed by atoms with E-state index in [2.05, 4.69) is 22.4 Å². The zero-order valence-corrected chi connectivity index (χ0v) is 11.6. The van der Waals surface area contributed by atoms with Gasteiger partial charge in [-0.1, -0.05) is 5.16 Å². The standard InChI is InChI=1S/C13H21N3O3/c1-12(8-14-9-12)18-7-10-15-11(16-19-10)13(2)5-3-4-6-17-13/h14H,3-9H2,1-2H3. The topological polar surface area (TPSA) is 69.4 Å². The van der Waals surface area contributed by atoms with Gasteiger partial charge in [0, 0.05) is 19.7 Å². The molecule has 3 heterocycles. The van der Waals surface area contributed by atoms with Crippen molar-refractivity contribution < 1.29 is 14.0 Å². The summed E-state index contributed by atoms with van der Waals surface area (Å²) in [5, 5.41) is 7.24. The predicted molar refractivity (Wildman–Crippen MR) is 67.5 cm³/mol. The zero-order valence-electron chi connectivity index (χ0n) is 11.6. The lowest BCUT2D eigenvalue weighted by Gasteiger charge is -2.38. The van der Waals surface area contributed by atoms with Crippen LogP contribution in [-0.4, -0.2) is 35.4 Å². The van der Waals surface area contributed by atoms with Gasteiger partial charge in [-0.3, -0.25) is 0 Å². The maximum Gasteiger partial charge on any atom is 0.252 e. The van der Waals surface area contributed by atoms with Crippen LogP contribution in [-0.2, 0) is 21.7 Å². The highest BCUT2D eigenvalue weighted by Gasteiger charge is 2.36. The van der Waals surface area contributed by atoms with Gasteiger partial charge in [-0.25, -0.2) is 0 Å². The van der Waals surface area contributed by atoms with Crippen LogP contribution in [0.1, 0.15) is 44.8 Å². The molecule has 0 amide bonds. The molecule has 6 heteroatoms. The molecule has 1 N–H and O–H groups in total. The number of hydrogen-bond acceptors (Lipinski definition) is 6. The second kappa shape index (κ2) is 4.85. The quantitative estimate of drug-likeness (QED) is 0.888. The van der Waals surface area contributed by atoms with Crippen LogP contribution in [0.15, 0.2) is 4.52 Å². The Morgan fingerprint density at radius 1 is 1.32 bits per heavy atom.